The van der Waals surface area contributed by atoms with Crippen LogP contribution in [0.2, 0.25) is 0 Å². The maximum Gasteiger partial charge on any atom is 0.337 e. The van der Waals surface area contributed by atoms with Gasteiger partial charge in [0, 0.05) is 48.0 Å². The second-order valence-electron chi connectivity index (χ2n) is 9.96. The van der Waals surface area contributed by atoms with Gasteiger partial charge >= 0.3 is 11.7 Å². The zero-order chi connectivity index (χ0) is 29.2. The Labute approximate surface area is 249 Å². The molecule has 0 saturated carbocycles. The molecule has 3 unspecified atom stereocenters. The van der Waals surface area contributed by atoms with Crippen LogP contribution < -0.4 is 31.6 Å². The number of benzene rings is 1. The normalized spacial score (nSPS) is 19.1. The highest BCUT2D eigenvalue weighted by Crippen LogP contribution is 2.33. The molecule has 0 spiro atoms. The maximum atomic E-state index is 12.2. The van der Waals surface area contributed by atoms with Gasteiger partial charge in [0.15, 0.2) is 6.61 Å². The molecule has 14 heteroatoms. The van der Waals surface area contributed by atoms with Gasteiger partial charge in [-0.15, -0.1) is 0 Å². The molecule has 2 fully saturated rings. The van der Waals surface area contributed by atoms with Gasteiger partial charge < -0.3 is 36.0 Å². The lowest BCUT2D eigenvalue weighted by Gasteiger charge is -2.16. The van der Waals surface area contributed by atoms with Gasteiger partial charge in [0.2, 0.25) is 5.91 Å². The molecule has 3 atom stereocenters. The molecule has 1 aromatic heterocycles. The summed E-state index contributed by atoms with van der Waals surface area (Å²) in [7, 11) is 0. The van der Waals surface area contributed by atoms with Crippen molar-refractivity contribution < 1.29 is 28.3 Å². The molecule has 0 radical (unpaired) electrons. The Hall–Kier alpha value is -3.35. The number of urea groups is 1. The fraction of sp³-hybridized carbons (Fsp3) is 0.519. The Morgan fingerprint density at radius 1 is 1.10 bits per heavy atom. The summed E-state index contributed by atoms with van der Waals surface area (Å²) in [5, 5.41) is 12.7. The van der Waals surface area contributed by atoms with Gasteiger partial charge in [-0.1, -0.05) is 6.42 Å². The smallest absolute Gasteiger partial charge is 0.337 e. The van der Waals surface area contributed by atoms with Gasteiger partial charge in [-0.05, 0) is 54.1 Å². The molecule has 4 amide bonds. The number of halogens is 1. The minimum absolute atomic E-state index is 0.0557. The van der Waals surface area contributed by atoms with E-state index in [1.54, 1.807) is 6.07 Å². The van der Waals surface area contributed by atoms with Crippen LogP contribution in [0.25, 0.3) is 16.5 Å². The van der Waals surface area contributed by atoms with Crippen molar-refractivity contribution in [1.29, 1.82) is 0 Å². The largest absolute Gasteiger partial charge is 0.482 e. The van der Waals surface area contributed by atoms with Crippen LogP contribution in [0.15, 0.2) is 31.9 Å². The standard InChI is InChI=1S/C27H33BrN6O6S/c28-18-11-17-16(13-32-29)10-25(37)40-20(17)12-21(18)39-14-24(36)31-9-5-1-4-8-30-23(35)7-3-2-6-22-26-19(15-41-22)33-27(38)34-26/h10-13,19,22,26H,1-9,14-15H2,(H,30,35)(H,31,36)(H2,33,34,38). The predicted octanol–water partition coefficient (Wildman–Crippen LogP) is 2.71. The Balaban J connectivity index is 1.03. The number of nitrogens with zero attached hydrogens (tertiary/aromatic N) is 2. The Bertz CT molecular complexity index is 1380. The molecule has 4 N–H and O–H groups in total. The Morgan fingerprint density at radius 3 is 2.66 bits per heavy atom. The number of carbonyl (C=O) groups excluding carboxylic acids is 3. The number of hydrogen-bond donors (Lipinski definition) is 4. The van der Waals surface area contributed by atoms with Crippen molar-refractivity contribution in [3.8, 4) is 5.75 Å². The highest BCUT2D eigenvalue weighted by atomic mass is 79.9. The molecule has 0 aliphatic carbocycles. The lowest BCUT2D eigenvalue weighted by Crippen LogP contribution is -2.36. The van der Waals surface area contributed by atoms with Crippen molar-refractivity contribution in [3.63, 3.8) is 0 Å². The van der Waals surface area contributed by atoms with E-state index >= 15 is 0 Å². The minimum atomic E-state index is -0.606. The third-order valence-electron chi connectivity index (χ3n) is 6.96. The average molecular weight is 650 g/mol. The van der Waals surface area contributed by atoms with Gasteiger partial charge in [0.25, 0.3) is 12.1 Å². The van der Waals surface area contributed by atoms with Crippen molar-refractivity contribution in [2.24, 2.45) is 0 Å². The summed E-state index contributed by atoms with van der Waals surface area (Å²) in [4.78, 5) is 50.5. The van der Waals surface area contributed by atoms with E-state index in [9.17, 15) is 19.2 Å². The summed E-state index contributed by atoms with van der Waals surface area (Å²) in [5.74, 6) is 1.04. The molecular weight excluding hydrogens is 616 g/mol. The zero-order valence-corrected chi connectivity index (χ0v) is 24.9. The van der Waals surface area contributed by atoms with E-state index in [1.165, 1.54) is 12.1 Å². The van der Waals surface area contributed by atoms with Gasteiger partial charge in [0.1, 0.15) is 11.3 Å². The average Bonchev–Trinajstić information content (AvgIpc) is 3.49. The van der Waals surface area contributed by atoms with Crippen LogP contribution in [-0.2, 0) is 9.59 Å². The summed E-state index contributed by atoms with van der Waals surface area (Å²) in [5.41, 5.74) is 8.82. The summed E-state index contributed by atoms with van der Waals surface area (Å²) in [6.07, 6.45) is 6.89. The topological polar surface area (TPSA) is 175 Å². The van der Waals surface area contributed by atoms with E-state index in [4.69, 9.17) is 14.7 Å². The van der Waals surface area contributed by atoms with Crippen molar-refractivity contribution in [2.75, 3.05) is 25.4 Å². The maximum absolute atomic E-state index is 12.2. The van der Waals surface area contributed by atoms with E-state index in [0.29, 0.717) is 45.9 Å². The minimum Gasteiger partial charge on any atom is -0.482 e. The van der Waals surface area contributed by atoms with E-state index in [1.807, 2.05) is 11.8 Å². The van der Waals surface area contributed by atoms with Crippen LogP contribution >= 0.6 is 27.7 Å². The SMILES string of the molecule is [N-]=[N+]=Cc1cc(=O)oc2cc(OCC(=O)NCCCCCNC(=O)CCCCC3SCC4NC(=O)NC43)c(Br)cc12. The van der Waals surface area contributed by atoms with Crippen molar-refractivity contribution in [3.05, 3.63) is 44.2 Å². The van der Waals surface area contributed by atoms with Crippen LogP contribution in [0.5, 0.6) is 5.75 Å². The second kappa shape index (κ2) is 15.0. The van der Waals surface area contributed by atoms with Gasteiger partial charge in [-0.3, -0.25) is 9.59 Å². The highest BCUT2D eigenvalue weighted by molar-refractivity contribution is 9.10. The van der Waals surface area contributed by atoms with E-state index < -0.39 is 5.63 Å². The molecule has 1 aromatic carbocycles. The molecule has 2 aromatic rings. The number of ether oxygens (including phenoxy) is 1. The number of carbonyl (C=O) groups is 3. The summed E-state index contributed by atoms with van der Waals surface area (Å²) in [6, 6.07) is 4.72. The van der Waals surface area contributed by atoms with Crippen molar-refractivity contribution >= 4 is 62.7 Å². The molecule has 4 rings (SSSR count). The first-order valence-corrected chi connectivity index (χ1v) is 15.5. The number of nitrogens with one attached hydrogen (secondary N) is 4. The third-order valence-corrected chi connectivity index (χ3v) is 9.09. The molecule has 3 heterocycles. The van der Waals surface area contributed by atoms with E-state index in [-0.39, 0.29) is 42.1 Å². The molecule has 220 valence electrons. The van der Waals surface area contributed by atoms with Crippen LogP contribution in [0.1, 0.15) is 50.5 Å². The number of fused-ring (bicyclic) bond motifs is 2. The first-order valence-electron chi connectivity index (χ1n) is 13.6. The molecule has 2 saturated heterocycles. The monoisotopic (exact) mass is 648 g/mol. The zero-order valence-electron chi connectivity index (χ0n) is 22.4. The number of hydrogen-bond acceptors (Lipinski definition) is 7. The van der Waals surface area contributed by atoms with E-state index in [2.05, 4.69) is 42.0 Å². The molecule has 0 bridgehead atoms. The molecule has 2 aliphatic heterocycles. The lowest BCUT2D eigenvalue weighted by atomic mass is 10.0. The van der Waals surface area contributed by atoms with Crippen molar-refractivity contribution in [2.45, 2.75) is 62.3 Å². The van der Waals surface area contributed by atoms with Crippen LogP contribution in [0, 0.1) is 0 Å². The first kappa shape index (κ1) is 30.6. The number of rotatable bonds is 15. The molecule has 41 heavy (non-hydrogen) atoms. The van der Waals surface area contributed by atoms with E-state index in [0.717, 1.165) is 50.5 Å². The Morgan fingerprint density at radius 2 is 1.88 bits per heavy atom. The fourth-order valence-electron chi connectivity index (χ4n) is 4.91. The third kappa shape index (κ3) is 8.82. The molecule has 2 aliphatic rings. The first-order chi connectivity index (χ1) is 19.8. The quantitative estimate of drug-likeness (QED) is 0.0573. The Kier molecular flexibility index (Phi) is 11.2. The van der Waals surface area contributed by atoms with Crippen LogP contribution in [0.3, 0.4) is 0 Å². The van der Waals surface area contributed by atoms with Gasteiger partial charge in [0.05, 0.1) is 22.1 Å². The number of unbranched alkanes of at least 4 members (excludes halogenated alkanes) is 3. The van der Waals surface area contributed by atoms with Crippen LogP contribution in [-0.4, -0.2) is 71.6 Å². The molecule has 12 nitrogen and oxygen atoms in total. The highest BCUT2D eigenvalue weighted by Gasteiger charge is 2.42. The van der Waals surface area contributed by atoms with Crippen LogP contribution in [0.4, 0.5) is 4.79 Å². The lowest BCUT2D eigenvalue weighted by molar-refractivity contribution is -0.123. The summed E-state index contributed by atoms with van der Waals surface area (Å²) >= 11 is 5.27. The van der Waals surface area contributed by atoms with Gasteiger partial charge in [-0.2, -0.15) is 16.6 Å². The molecular formula is C27H33BrN6O6S. The number of amides is 4. The van der Waals surface area contributed by atoms with Gasteiger partial charge in [-0.25, -0.2) is 9.59 Å². The van der Waals surface area contributed by atoms with Crippen molar-refractivity contribution in [1.82, 2.24) is 21.3 Å². The predicted molar refractivity (Wildman–Crippen MR) is 158 cm³/mol. The fourth-order valence-corrected chi connectivity index (χ4v) is 6.91. The second-order valence-corrected chi connectivity index (χ2v) is 12.1. The summed E-state index contributed by atoms with van der Waals surface area (Å²) in [6.45, 7) is 0.882. The summed E-state index contributed by atoms with van der Waals surface area (Å²) < 4.78 is 11.3. The number of thioether (sulfide) groups is 1.